The number of nitrogens with one attached hydrogen (secondary N) is 2. The summed E-state index contributed by atoms with van der Waals surface area (Å²) < 4.78 is 30.4. The number of aromatic nitrogens is 2. The van der Waals surface area contributed by atoms with Gasteiger partial charge in [0.05, 0.1) is 25.3 Å². The molecule has 9 heteroatoms. The zero-order valence-electron chi connectivity index (χ0n) is 21.3. The highest BCUT2D eigenvalue weighted by Gasteiger charge is 2.14. The highest BCUT2D eigenvalue weighted by atomic mass is 19.1. The van der Waals surface area contributed by atoms with E-state index in [4.69, 9.17) is 14.2 Å². The van der Waals surface area contributed by atoms with Crippen LogP contribution < -0.4 is 24.8 Å². The first-order chi connectivity index (χ1) is 19.0. The molecular formula is C30H25FN4O4. The molecule has 0 spiro atoms. The Hall–Kier alpha value is -5.18. The Balaban J connectivity index is 1.30. The van der Waals surface area contributed by atoms with E-state index in [1.807, 2.05) is 30.3 Å². The molecule has 0 fully saturated rings. The molecule has 196 valence electrons. The van der Waals surface area contributed by atoms with Gasteiger partial charge in [0.1, 0.15) is 23.1 Å². The van der Waals surface area contributed by atoms with Crippen LogP contribution in [0.4, 0.5) is 15.9 Å². The molecule has 2 heterocycles. The van der Waals surface area contributed by atoms with Crippen molar-refractivity contribution in [3.05, 3.63) is 108 Å². The molecule has 0 aliphatic carbocycles. The Bertz CT molecular complexity index is 1630. The molecule has 0 unspecified atom stereocenters. The van der Waals surface area contributed by atoms with Crippen molar-refractivity contribution in [3.63, 3.8) is 0 Å². The minimum atomic E-state index is -0.352. The second kappa shape index (κ2) is 11.5. The molecule has 5 rings (SSSR count). The van der Waals surface area contributed by atoms with Gasteiger partial charge in [-0.25, -0.2) is 9.37 Å². The Morgan fingerprint density at radius 3 is 2.41 bits per heavy atom. The Labute approximate surface area is 224 Å². The lowest BCUT2D eigenvalue weighted by Crippen LogP contribution is -2.24. The summed E-state index contributed by atoms with van der Waals surface area (Å²) in [5.74, 6) is 2.10. The summed E-state index contributed by atoms with van der Waals surface area (Å²) in [6.45, 7) is 0.194. The molecule has 0 saturated heterocycles. The highest BCUT2D eigenvalue weighted by Crippen LogP contribution is 2.37. The minimum Gasteiger partial charge on any atom is -0.493 e. The van der Waals surface area contributed by atoms with Crippen LogP contribution in [0.5, 0.6) is 23.0 Å². The number of rotatable bonds is 9. The lowest BCUT2D eigenvalue weighted by Gasteiger charge is -2.13. The van der Waals surface area contributed by atoms with Crippen molar-refractivity contribution in [3.8, 4) is 23.0 Å². The molecule has 0 aliphatic heterocycles. The molecule has 0 radical (unpaired) electrons. The molecule has 0 saturated carbocycles. The average molecular weight is 525 g/mol. The van der Waals surface area contributed by atoms with Crippen molar-refractivity contribution >= 4 is 28.3 Å². The third-order valence-corrected chi connectivity index (χ3v) is 5.95. The van der Waals surface area contributed by atoms with Crippen LogP contribution in [0, 0.1) is 5.82 Å². The van der Waals surface area contributed by atoms with Crippen LogP contribution in [-0.4, -0.2) is 30.1 Å². The van der Waals surface area contributed by atoms with E-state index in [1.165, 1.54) is 12.1 Å². The lowest BCUT2D eigenvalue weighted by molar-refractivity contribution is 0.0951. The van der Waals surface area contributed by atoms with Gasteiger partial charge in [-0.05, 0) is 66.2 Å². The number of hydrogen-bond donors (Lipinski definition) is 2. The zero-order chi connectivity index (χ0) is 27.2. The van der Waals surface area contributed by atoms with E-state index in [9.17, 15) is 9.18 Å². The molecule has 0 bridgehead atoms. The van der Waals surface area contributed by atoms with Crippen LogP contribution in [0.15, 0.2) is 91.3 Å². The maximum absolute atomic E-state index is 13.4. The van der Waals surface area contributed by atoms with Crippen molar-refractivity contribution in [2.75, 3.05) is 19.5 Å². The summed E-state index contributed by atoms with van der Waals surface area (Å²) in [4.78, 5) is 21.6. The summed E-state index contributed by atoms with van der Waals surface area (Å²) in [5.41, 5.74) is 2.45. The second-order valence-corrected chi connectivity index (χ2v) is 8.50. The summed E-state index contributed by atoms with van der Waals surface area (Å²) >= 11 is 0. The molecule has 2 aromatic heterocycles. The number of carbonyl (C=O) groups is 1. The van der Waals surface area contributed by atoms with Crippen LogP contribution in [0.3, 0.4) is 0 Å². The van der Waals surface area contributed by atoms with E-state index in [2.05, 4.69) is 20.6 Å². The summed E-state index contributed by atoms with van der Waals surface area (Å²) in [5, 5.41) is 6.77. The average Bonchev–Trinajstić information content (AvgIpc) is 2.96. The van der Waals surface area contributed by atoms with Gasteiger partial charge in [-0.2, -0.15) is 0 Å². The fourth-order valence-electron chi connectivity index (χ4n) is 4.02. The molecule has 1 amide bonds. The van der Waals surface area contributed by atoms with E-state index in [1.54, 1.807) is 63.0 Å². The number of carbonyl (C=O) groups excluding carboxylic acids is 1. The second-order valence-electron chi connectivity index (χ2n) is 8.50. The molecule has 8 nitrogen and oxygen atoms in total. The molecule has 2 N–H and O–H groups in total. The molecule has 0 atom stereocenters. The van der Waals surface area contributed by atoms with Crippen LogP contribution in [-0.2, 0) is 6.54 Å². The van der Waals surface area contributed by atoms with Crippen LogP contribution in [0.25, 0.3) is 10.9 Å². The van der Waals surface area contributed by atoms with Gasteiger partial charge in [-0.1, -0.05) is 12.1 Å². The molecule has 3 aromatic carbocycles. The normalized spacial score (nSPS) is 10.6. The van der Waals surface area contributed by atoms with Crippen molar-refractivity contribution in [1.82, 2.24) is 15.3 Å². The topological polar surface area (TPSA) is 94.6 Å². The molecular weight excluding hydrogens is 499 g/mol. The number of pyridine rings is 2. The van der Waals surface area contributed by atoms with Gasteiger partial charge in [0, 0.05) is 36.1 Å². The van der Waals surface area contributed by atoms with Gasteiger partial charge in [0.2, 0.25) is 0 Å². The van der Waals surface area contributed by atoms with Gasteiger partial charge in [0.25, 0.3) is 5.91 Å². The predicted molar refractivity (Wildman–Crippen MR) is 146 cm³/mol. The maximum atomic E-state index is 13.4. The Morgan fingerprint density at radius 2 is 1.64 bits per heavy atom. The van der Waals surface area contributed by atoms with E-state index in [-0.39, 0.29) is 18.3 Å². The summed E-state index contributed by atoms with van der Waals surface area (Å²) in [6.07, 6.45) is 3.27. The smallest absolute Gasteiger partial charge is 0.255 e. The van der Waals surface area contributed by atoms with Crippen molar-refractivity contribution in [2.45, 2.75) is 6.54 Å². The largest absolute Gasteiger partial charge is 0.493 e. The number of anilines is 2. The number of hydrogen-bond acceptors (Lipinski definition) is 7. The molecule has 39 heavy (non-hydrogen) atoms. The molecule has 5 aromatic rings. The van der Waals surface area contributed by atoms with Crippen LogP contribution in [0.2, 0.25) is 0 Å². The van der Waals surface area contributed by atoms with Gasteiger partial charge < -0.3 is 24.8 Å². The van der Waals surface area contributed by atoms with Gasteiger partial charge >= 0.3 is 0 Å². The predicted octanol–water partition coefficient (Wildman–Crippen LogP) is 6.25. The first kappa shape index (κ1) is 25.5. The van der Waals surface area contributed by atoms with E-state index >= 15 is 0 Å². The summed E-state index contributed by atoms with van der Waals surface area (Å²) in [7, 11) is 3.15. The van der Waals surface area contributed by atoms with E-state index in [0.29, 0.717) is 51.1 Å². The molecule has 0 aliphatic rings. The monoisotopic (exact) mass is 524 g/mol. The van der Waals surface area contributed by atoms with Gasteiger partial charge in [-0.15, -0.1) is 0 Å². The number of fused-ring (bicyclic) bond motifs is 1. The van der Waals surface area contributed by atoms with Gasteiger partial charge in [-0.3, -0.25) is 9.78 Å². The fraction of sp³-hybridized carbons (Fsp3) is 0.100. The van der Waals surface area contributed by atoms with Crippen molar-refractivity contribution < 1.29 is 23.4 Å². The maximum Gasteiger partial charge on any atom is 0.255 e. The Morgan fingerprint density at radius 1 is 0.846 bits per heavy atom. The number of nitrogens with zero attached hydrogens (tertiary/aromatic N) is 2. The third-order valence-electron chi connectivity index (χ3n) is 5.95. The van der Waals surface area contributed by atoms with Gasteiger partial charge in [0.15, 0.2) is 11.5 Å². The first-order valence-electron chi connectivity index (χ1n) is 12.1. The SMILES string of the molecule is COc1cc2nccc(Oc3ccc(Nc4ncccc4C(=O)NCc4cccc(F)c4)cc3)c2cc1OC. The Kier molecular flexibility index (Phi) is 7.49. The third kappa shape index (κ3) is 5.88. The quantitative estimate of drug-likeness (QED) is 0.235. The first-order valence-corrected chi connectivity index (χ1v) is 12.1. The van der Waals surface area contributed by atoms with Crippen LogP contribution in [0.1, 0.15) is 15.9 Å². The standard InChI is InChI=1S/C30H25FN4O4/c1-37-27-16-24-25(17-28(27)38-2)32-14-12-26(24)39-22-10-8-21(9-11-22)35-29-23(7-4-13-33-29)30(36)34-18-19-5-3-6-20(31)15-19/h3-17H,18H2,1-2H3,(H,33,35)(H,34,36). The number of ether oxygens (including phenoxy) is 3. The number of methoxy groups -OCH3 is 2. The number of benzene rings is 3. The summed E-state index contributed by atoms with van der Waals surface area (Å²) in [6, 6.07) is 22.1. The zero-order valence-corrected chi connectivity index (χ0v) is 21.3. The van der Waals surface area contributed by atoms with Crippen molar-refractivity contribution in [2.24, 2.45) is 0 Å². The minimum absolute atomic E-state index is 0.194. The highest BCUT2D eigenvalue weighted by molar-refractivity contribution is 5.99. The van der Waals surface area contributed by atoms with E-state index in [0.717, 1.165) is 5.39 Å². The fourth-order valence-corrected chi connectivity index (χ4v) is 4.02. The number of halogens is 1. The number of amides is 1. The lowest BCUT2D eigenvalue weighted by atomic mass is 10.1. The van der Waals surface area contributed by atoms with Crippen LogP contribution >= 0.6 is 0 Å². The van der Waals surface area contributed by atoms with Crippen molar-refractivity contribution in [1.29, 1.82) is 0 Å². The van der Waals surface area contributed by atoms with E-state index < -0.39 is 0 Å².